The molecule has 2 rings (SSSR count). The third-order valence-corrected chi connectivity index (χ3v) is 3.97. The van der Waals surface area contributed by atoms with Crippen LogP contribution in [0.2, 0.25) is 5.15 Å². The maximum atomic E-state index is 5.97. The third-order valence-electron chi connectivity index (χ3n) is 3.78. The summed E-state index contributed by atoms with van der Waals surface area (Å²) in [6.07, 6.45) is 1.81. The maximum absolute atomic E-state index is 5.97. The van der Waals surface area contributed by atoms with Crippen LogP contribution in [-0.2, 0) is 11.8 Å². The summed E-state index contributed by atoms with van der Waals surface area (Å²) in [7, 11) is 0. The second-order valence-corrected chi connectivity index (χ2v) is 6.05. The van der Waals surface area contributed by atoms with Gasteiger partial charge in [0.25, 0.3) is 0 Å². The number of rotatable bonds is 5. The number of nitrogens with zero attached hydrogens (tertiary/aromatic N) is 2. The molecular formula is C17H21ClN2O. The Balaban J connectivity index is 2.19. The fraction of sp³-hybridized carbons (Fsp3) is 0.412. The molecule has 0 aliphatic rings. The summed E-state index contributed by atoms with van der Waals surface area (Å²) >= 11 is 5.97. The van der Waals surface area contributed by atoms with E-state index in [1.54, 1.807) is 6.07 Å². The van der Waals surface area contributed by atoms with Crippen LogP contribution in [0.5, 0.6) is 11.6 Å². The van der Waals surface area contributed by atoms with Gasteiger partial charge < -0.3 is 4.74 Å². The topological polar surface area (TPSA) is 35.0 Å². The van der Waals surface area contributed by atoms with E-state index in [0.717, 1.165) is 18.6 Å². The van der Waals surface area contributed by atoms with E-state index in [0.29, 0.717) is 16.9 Å². The van der Waals surface area contributed by atoms with Crippen molar-refractivity contribution >= 4 is 11.6 Å². The molecule has 21 heavy (non-hydrogen) atoms. The van der Waals surface area contributed by atoms with Gasteiger partial charge in [-0.05, 0) is 29.5 Å². The summed E-state index contributed by atoms with van der Waals surface area (Å²) in [4.78, 5) is 8.44. The summed E-state index contributed by atoms with van der Waals surface area (Å²) in [5, 5.41) is 0.403. The lowest BCUT2D eigenvalue weighted by Gasteiger charge is -2.23. The van der Waals surface area contributed by atoms with Crippen LogP contribution >= 0.6 is 11.6 Å². The number of aryl methyl sites for hydroxylation is 1. The summed E-state index contributed by atoms with van der Waals surface area (Å²) in [5.74, 6) is 1.91. The van der Waals surface area contributed by atoms with E-state index in [2.05, 4.69) is 42.9 Å². The lowest BCUT2D eigenvalue weighted by Crippen LogP contribution is -2.14. The minimum absolute atomic E-state index is 0.173. The molecule has 0 saturated heterocycles. The molecule has 3 nitrogen and oxygen atoms in total. The molecule has 0 aliphatic heterocycles. The zero-order valence-corrected chi connectivity index (χ0v) is 13.7. The second kappa shape index (κ2) is 6.44. The Bertz CT molecular complexity index is 609. The van der Waals surface area contributed by atoms with Gasteiger partial charge in [-0.2, -0.15) is 4.98 Å². The molecule has 0 atom stereocenters. The zero-order valence-electron chi connectivity index (χ0n) is 13.0. The van der Waals surface area contributed by atoms with E-state index in [1.807, 2.05) is 19.1 Å². The van der Waals surface area contributed by atoms with E-state index in [-0.39, 0.29) is 5.41 Å². The first-order valence-corrected chi connectivity index (χ1v) is 7.64. The first-order chi connectivity index (χ1) is 9.94. The predicted octanol–water partition coefficient (Wildman–Crippen LogP) is 5.17. The highest BCUT2D eigenvalue weighted by Crippen LogP contribution is 2.29. The molecule has 0 spiro atoms. The molecule has 0 N–H and O–H groups in total. The van der Waals surface area contributed by atoms with E-state index in [1.165, 1.54) is 5.56 Å². The monoisotopic (exact) mass is 304 g/mol. The quantitative estimate of drug-likeness (QED) is 0.715. The molecule has 0 amide bonds. The smallest absolute Gasteiger partial charge is 0.224 e. The molecular weight excluding hydrogens is 284 g/mol. The van der Waals surface area contributed by atoms with Crippen LogP contribution in [0, 0.1) is 0 Å². The number of ether oxygens (including phenoxy) is 1. The highest BCUT2D eigenvalue weighted by molar-refractivity contribution is 6.29. The second-order valence-electron chi connectivity index (χ2n) is 5.66. The lowest BCUT2D eigenvalue weighted by molar-refractivity contribution is 0.456. The van der Waals surface area contributed by atoms with E-state index in [9.17, 15) is 0 Å². The standard InChI is InChI=1S/C17H21ClN2O/c1-5-15-19-14(18)11-16(20-15)21-13-9-7-12(8-10-13)17(3,4)6-2/h7-11H,5-6H2,1-4H3. The summed E-state index contributed by atoms with van der Waals surface area (Å²) < 4.78 is 5.77. The molecule has 1 aromatic carbocycles. The maximum Gasteiger partial charge on any atom is 0.224 e. The summed E-state index contributed by atoms with van der Waals surface area (Å²) in [6, 6.07) is 9.76. The SMILES string of the molecule is CCc1nc(Cl)cc(Oc2ccc(C(C)(C)CC)cc2)n1. The van der Waals surface area contributed by atoms with Gasteiger partial charge >= 0.3 is 0 Å². The van der Waals surface area contributed by atoms with Crippen molar-refractivity contribution in [3.63, 3.8) is 0 Å². The van der Waals surface area contributed by atoms with Crippen LogP contribution in [0.3, 0.4) is 0 Å². The molecule has 0 aliphatic carbocycles. The largest absolute Gasteiger partial charge is 0.439 e. The molecule has 2 aromatic rings. The van der Waals surface area contributed by atoms with Crippen molar-refractivity contribution in [2.75, 3.05) is 0 Å². The van der Waals surface area contributed by atoms with E-state index < -0.39 is 0 Å². The van der Waals surface area contributed by atoms with Gasteiger partial charge in [-0.15, -0.1) is 0 Å². The zero-order chi connectivity index (χ0) is 15.5. The Hall–Kier alpha value is -1.61. The van der Waals surface area contributed by atoms with Crippen molar-refractivity contribution < 1.29 is 4.74 Å². The van der Waals surface area contributed by atoms with E-state index in [4.69, 9.17) is 16.3 Å². The van der Waals surface area contributed by atoms with Gasteiger partial charge in [0.2, 0.25) is 5.88 Å². The van der Waals surface area contributed by atoms with E-state index >= 15 is 0 Å². The summed E-state index contributed by atoms with van der Waals surface area (Å²) in [6.45, 7) is 8.65. The first kappa shape index (κ1) is 15.8. The van der Waals surface area contributed by atoms with Crippen LogP contribution in [-0.4, -0.2) is 9.97 Å². The van der Waals surface area contributed by atoms with Crippen molar-refractivity contribution in [3.05, 3.63) is 46.9 Å². The van der Waals surface area contributed by atoms with Crippen LogP contribution in [0.1, 0.15) is 45.5 Å². The van der Waals surface area contributed by atoms with Gasteiger partial charge in [-0.25, -0.2) is 4.98 Å². The number of halogens is 1. The molecule has 0 fully saturated rings. The van der Waals surface area contributed by atoms with Gasteiger partial charge in [0.1, 0.15) is 16.7 Å². The fourth-order valence-electron chi connectivity index (χ4n) is 1.95. The molecule has 0 saturated carbocycles. The first-order valence-electron chi connectivity index (χ1n) is 7.26. The molecule has 0 bridgehead atoms. The van der Waals surface area contributed by atoms with Crippen LogP contribution < -0.4 is 4.74 Å². The molecule has 112 valence electrons. The number of aromatic nitrogens is 2. The molecule has 0 unspecified atom stereocenters. The fourth-order valence-corrected chi connectivity index (χ4v) is 2.14. The van der Waals surface area contributed by atoms with Crippen molar-refractivity contribution in [1.29, 1.82) is 0 Å². The Morgan fingerprint density at radius 1 is 1.10 bits per heavy atom. The summed E-state index contributed by atoms with van der Waals surface area (Å²) in [5.41, 5.74) is 1.47. The Kier molecular flexibility index (Phi) is 4.84. The Labute approximate surface area is 131 Å². The van der Waals surface area contributed by atoms with Crippen LogP contribution in [0.25, 0.3) is 0 Å². The van der Waals surface area contributed by atoms with Crippen molar-refractivity contribution in [3.8, 4) is 11.6 Å². The average molecular weight is 305 g/mol. The number of hydrogen-bond acceptors (Lipinski definition) is 3. The highest BCUT2D eigenvalue weighted by atomic mass is 35.5. The minimum atomic E-state index is 0.173. The van der Waals surface area contributed by atoms with Gasteiger partial charge in [0.05, 0.1) is 0 Å². The molecule has 1 aromatic heterocycles. The molecule has 0 radical (unpaired) electrons. The van der Waals surface area contributed by atoms with Crippen LogP contribution in [0.15, 0.2) is 30.3 Å². The highest BCUT2D eigenvalue weighted by Gasteiger charge is 2.17. The normalized spacial score (nSPS) is 11.5. The predicted molar refractivity (Wildman–Crippen MR) is 86.3 cm³/mol. The molecule has 4 heteroatoms. The Morgan fingerprint density at radius 3 is 2.33 bits per heavy atom. The minimum Gasteiger partial charge on any atom is -0.439 e. The van der Waals surface area contributed by atoms with Gasteiger partial charge in [0, 0.05) is 12.5 Å². The van der Waals surface area contributed by atoms with Crippen molar-refractivity contribution in [2.24, 2.45) is 0 Å². The lowest BCUT2D eigenvalue weighted by atomic mass is 9.82. The van der Waals surface area contributed by atoms with Crippen molar-refractivity contribution in [1.82, 2.24) is 9.97 Å². The Morgan fingerprint density at radius 2 is 1.76 bits per heavy atom. The van der Waals surface area contributed by atoms with Gasteiger partial charge in [-0.1, -0.05) is 51.4 Å². The molecule has 1 heterocycles. The average Bonchev–Trinajstić information content (AvgIpc) is 2.47. The number of benzene rings is 1. The van der Waals surface area contributed by atoms with Crippen LogP contribution in [0.4, 0.5) is 0 Å². The third kappa shape index (κ3) is 3.94. The van der Waals surface area contributed by atoms with Gasteiger partial charge in [0.15, 0.2) is 0 Å². The number of hydrogen-bond donors (Lipinski definition) is 0. The van der Waals surface area contributed by atoms with Gasteiger partial charge in [-0.3, -0.25) is 0 Å². The van der Waals surface area contributed by atoms with Crippen molar-refractivity contribution in [2.45, 2.75) is 46.0 Å².